The molecule has 0 spiro atoms. The predicted molar refractivity (Wildman–Crippen MR) is 83.6 cm³/mol. The largest absolute Gasteiger partial charge is 0.296 e. The van der Waals surface area contributed by atoms with E-state index in [1.165, 1.54) is 16.9 Å². The zero-order chi connectivity index (χ0) is 14.5. The van der Waals surface area contributed by atoms with Crippen molar-refractivity contribution >= 4 is 22.4 Å². The average molecular weight is 295 g/mol. The second kappa shape index (κ2) is 6.28. The highest BCUT2D eigenvalue weighted by molar-refractivity contribution is 7.13. The molecule has 0 unspecified atom stereocenters. The van der Waals surface area contributed by atoms with Gasteiger partial charge in [0.2, 0.25) is 5.13 Å². The van der Waals surface area contributed by atoms with Crippen LogP contribution in [0.15, 0.2) is 60.1 Å². The van der Waals surface area contributed by atoms with Gasteiger partial charge in [-0.25, -0.2) is 0 Å². The van der Waals surface area contributed by atoms with Crippen molar-refractivity contribution in [3.8, 4) is 0 Å². The van der Waals surface area contributed by atoms with Gasteiger partial charge in [0, 0.05) is 5.56 Å². The Morgan fingerprint density at radius 3 is 2.57 bits per heavy atom. The molecule has 0 saturated carbocycles. The number of aromatic nitrogens is 2. The van der Waals surface area contributed by atoms with Gasteiger partial charge in [-0.3, -0.25) is 10.1 Å². The fraction of sp³-hybridized carbons (Fsp3) is 0.0625. The van der Waals surface area contributed by atoms with Gasteiger partial charge in [0.15, 0.2) is 0 Å². The topological polar surface area (TPSA) is 54.9 Å². The first-order chi connectivity index (χ1) is 10.3. The minimum Gasteiger partial charge on any atom is -0.296 e. The van der Waals surface area contributed by atoms with Crippen LogP contribution < -0.4 is 5.32 Å². The number of hydrogen-bond donors (Lipinski definition) is 1. The van der Waals surface area contributed by atoms with Gasteiger partial charge in [-0.2, -0.15) is 0 Å². The molecule has 0 fully saturated rings. The highest BCUT2D eigenvalue weighted by atomic mass is 32.1. The van der Waals surface area contributed by atoms with Gasteiger partial charge in [-0.15, -0.1) is 10.2 Å². The smallest absolute Gasteiger partial charge is 0.257 e. The molecule has 0 aliphatic heterocycles. The molecule has 5 heteroatoms. The second-order valence-electron chi connectivity index (χ2n) is 4.52. The Balaban J connectivity index is 1.84. The Hall–Kier alpha value is -2.53. The normalized spacial score (nSPS) is 10.3. The fourth-order valence-electron chi connectivity index (χ4n) is 2.10. The lowest BCUT2D eigenvalue weighted by molar-refractivity contribution is 0.102. The molecule has 0 bridgehead atoms. The van der Waals surface area contributed by atoms with Crippen molar-refractivity contribution in [2.75, 3.05) is 5.32 Å². The van der Waals surface area contributed by atoms with Crippen LogP contribution in [-0.2, 0) is 6.42 Å². The van der Waals surface area contributed by atoms with Crippen molar-refractivity contribution in [1.29, 1.82) is 0 Å². The summed E-state index contributed by atoms with van der Waals surface area (Å²) < 4.78 is 0. The predicted octanol–water partition coefficient (Wildman–Crippen LogP) is 3.38. The second-order valence-corrected chi connectivity index (χ2v) is 5.35. The number of nitrogens with zero attached hydrogens (tertiary/aromatic N) is 2. The van der Waals surface area contributed by atoms with Crippen molar-refractivity contribution < 1.29 is 4.79 Å². The van der Waals surface area contributed by atoms with Crippen LogP contribution in [0.1, 0.15) is 21.5 Å². The summed E-state index contributed by atoms with van der Waals surface area (Å²) in [6.07, 6.45) is 0.723. The van der Waals surface area contributed by atoms with Gasteiger partial charge in [0.05, 0.1) is 0 Å². The number of rotatable bonds is 4. The summed E-state index contributed by atoms with van der Waals surface area (Å²) in [5.74, 6) is -0.154. The molecule has 1 aromatic heterocycles. The molecule has 3 aromatic rings. The first-order valence-electron chi connectivity index (χ1n) is 6.52. The van der Waals surface area contributed by atoms with Crippen LogP contribution in [-0.4, -0.2) is 16.1 Å². The van der Waals surface area contributed by atoms with E-state index in [2.05, 4.69) is 27.6 Å². The number of nitrogens with one attached hydrogen (secondary N) is 1. The van der Waals surface area contributed by atoms with Gasteiger partial charge < -0.3 is 0 Å². The molecule has 104 valence electrons. The Kier molecular flexibility index (Phi) is 4.02. The number of carbonyl (C=O) groups is 1. The monoisotopic (exact) mass is 295 g/mol. The summed E-state index contributed by atoms with van der Waals surface area (Å²) >= 11 is 1.30. The van der Waals surface area contributed by atoms with Gasteiger partial charge in [-0.1, -0.05) is 59.9 Å². The lowest BCUT2D eigenvalue weighted by atomic mass is 9.99. The van der Waals surface area contributed by atoms with Gasteiger partial charge in [0.25, 0.3) is 5.91 Å². The van der Waals surface area contributed by atoms with Crippen molar-refractivity contribution in [2.24, 2.45) is 0 Å². The van der Waals surface area contributed by atoms with Crippen LogP contribution in [0.4, 0.5) is 5.13 Å². The van der Waals surface area contributed by atoms with Crippen LogP contribution >= 0.6 is 11.3 Å². The van der Waals surface area contributed by atoms with E-state index in [4.69, 9.17) is 0 Å². The summed E-state index contributed by atoms with van der Waals surface area (Å²) in [6.45, 7) is 0. The third-order valence-corrected chi connectivity index (χ3v) is 3.69. The van der Waals surface area contributed by atoms with Crippen molar-refractivity contribution in [3.63, 3.8) is 0 Å². The first kappa shape index (κ1) is 13.5. The van der Waals surface area contributed by atoms with Crippen LogP contribution in [0.2, 0.25) is 0 Å². The van der Waals surface area contributed by atoms with Gasteiger partial charge in [0.1, 0.15) is 5.51 Å². The summed E-state index contributed by atoms with van der Waals surface area (Å²) in [5, 5.41) is 10.8. The summed E-state index contributed by atoms with van der Waals surface area (Å²) in [4.78, 5) is 12.4. The third-order valence-electron chi connectivity index (χ3n) is 3.08. The molecule has 0 aliphatic rings. The lowest BCUT2D eigenvalue weighted by Gasteiger charge is -2.08. The van der Waals surface area contributed by atoms with E-state index >= 15 is 0 Å². The van der Waals surface area contributed by atoms with E-state index in [0.717, 1.165) is 12.0 Å². The molecule has 1 N–H and O–H groups in total. The summed E-state index contributed by atoms with van der Waals surface area (Å²) in [5.41, 5.74) is 4.42. The zero-order valence-electron chi connectivity index (χ0n) is 11.2. The van der Waals surface area contributed by atoms with Crippen molar-refractivity contribution in [3.05, 3.63) is 76.8 Å². The molecule has 0 radical (unpaired) electrons. The van der Waals surface area contributed by atoms with Gasteiger partial charge in [-0.05, 0) is 23.6 Å². The Morgan fingerprint density at radius 2 is 1.81 bits per heavy atom. The molecule has 0 saturated heterocycles. The zero-order valence-corrected chi connectivity index (χ0v) is 12.0. The minimum absolute atomic E-state index is 0.154. The number of carbonyl (C=O) groups excluding carboxylic acids is 1. The van der Waals surface area contributed by atoms with Crippen LogP contribution in [0.3, 0.4) is 0 Å². The maximum absolute atomic E-state index is 12.4. The maximum atomic E-state index is 12.4. The standard InChI is InChI=1S/C16H13N3OS/c20-15(18-16-19-17-11-21-16)14-9-5-4-8-13(14)10-12-6-2-1-3-7-12/h1-9,11H,10H2,(H,18,19,20). The van der Waals surface area contributed by atoms with E-state index in [1.807, 2.05) is 42.5 Å². The molecule has 2 aromatic carbocycles. The Bertz CT molecular complexity index is 726. The van der Waals surface area contributed by atoms with Crippen molar-refractivity contribution in [1.82, 2.24) is 10.2 Å². The lowest BCUT2D eigenvalue weighted by Crippen LogP contribution is -2.14. The number of hydrogen-bond acceptors (Lipinski definition) is 4. The molecular weight excluding hydrogens is 282 g/mol. The number of amides is 1. The van der Waals surface area contributed by atoms with Crippen LogP contribution in [0, 0.1) is 0 Å². The number of benzene rings is 2. The quantitative estimate of drug-likeness (QED) is 0.802. The Morgan fingerprint density at radius 1 is 1.05 bits per heavy atom. The van der Waals surface area contributed by atoms with Crippen LogP contribution in [0.25, 0.3) is 0 Å². The SMILES string of the molecule is O=C(Nc1nncs1)c1ccccc1Cc1ccccc1. The number of anilines is 1. The van der Waals surface area contributed by atoms with E-state index in [9.17, 15) is 4.79 Å². The molecule has 4 nitrogen and oxygen atoms in total. The molecule has 1 amide bonds. The van der Waals surface area contributed by atoms with E-state index < -0.39 is 0 Å². The highest BCUT2D eigenvalue weighted by Crippen LogP contribution is 2.17. The molecule has 0 atom stereocenters. The Labute approximate surface area is 126 Å². The van der Waals surface area contributed by atoms with Crippen molar-refractivity contribution in [2.45, 2.75) is 6.42 Å². The van der Waals surface area contributed by atoms with E-state index in [0.29, 0.717) is 10.7 Å². The fourth-order valence-corrected chi connectivity index (χ4v) is 2.54. The molecule has 0 aliphatic carbocycles. The molecule has 21 heavy (non-hydrogen) atoms. The molecule has 3 rings (SSSR count). The first-order valence-corrected chi connectivity index (χ1v) is 7.40. The highest BCUT2D eigenvalue weighted by Gasteiger charge is 2.12. The van der Waals surface area contributed by atoms with Gasteiger partial charge >= 0.3 is 0 Å². The molecule has 1 heterocycles. The summed E-state index contributed by atoms with van der Waals surface area (Å²) in [7, 11) is 0. The van der Waals surface area contributed by atoms with E-state index in [1.54, 1.807) is 5.51 Å². The average Bonchev–Trinajstić information content (AvgIpc) is 3.02. The molecular formula is C16H13N3OS. The maximum Gasteiger partial charge on any atom is 0.257 e. The third kappa shape index (κ3) is 3.32. The minimum atomic E-state index is -0.154. The van der Waals surface area contributed by atoms with E-state index in [-0.39, 0.29) is 5.91 Å². The van der Waals surface area contributed by atoms with Crippen LogP contribution in [0.5, 0.6) is 0 Å². The summed E-state index contributed by atoms with van der Waals surface area (Å²) in [6, 6.07) is 17.7.